The quantitative estimate of drug-likeness (QED) is 0.700. The van der Waals surface area contributed by atoms with Gasteiger partial charge in [-0.15, -0.1) is 0 Å². The van der Waals surface area contributed by atoms with Gasteiger partial charge in [0.15, 0.2) is 0 Å². The normalized spacial score (nSPS) is 19.3. The largest absolute Gasteiger partial charge is 0.494 e. The van der Waals surface area contributed by atoms with Crippen molar-refractivity contribution >= 4 is 5.91 Å². The van der Waals surface area contributed by atoms with Gasteiger partial charge in [-0.05, 0) is 56.6 Å². The van der Waals surface area contributed by atoms with Crippen molar-refractivity contribution in [3.8, 4) is 11.5 Å². The van der Waals surface area contributed by atoms with Crippen LogP contribution in [0.1, 0.15) is 45.4 Å². The number of carbonyl (C=O) groups excluding carboxylic acids is 1. The van der Waals surface area contributed by atoms with Gasteiger partial charge in [-0.25, -0.2) is 0 Å². The number of hydrogen-bond acceptors (Lipinski definition) is 4. The maximum atomic E-state index is 11.4. The molecule has 0 spiro atoms. The van der Waals surface area contributed by atoms with Crippen molar-refractivity contribution in [3.05, 3.63) is 24.3 Å². The fourth-order valence-electron chi connectivity index (χ4n) is 3.76. The first-order chi connectivity index (χ1) is 12.7. The molecule has 1 amide bonds. The van der Waals surface area contributed by atoms with E-state index < -0.39 is 0 Å². The summed E-state index contributed by atoms with van der Waals surface area (Å²) in [4.78, 5) is 15.8. The molecule has 1 aromatic rings. The molecule has 1 aromatic carbocycles. The lowest BCUT2D eigenvalue weighted by Gasteiger charge is -2.31. The Morgan fingerprint density at radius 1 is 1.00 bits per heavy atom. The number of rotatable bonds is 7. The lowest BCUT2D eigenvalue weighted by Crippen LogP contribution is -2.40. The maximum absolute atomic E-state index is 11.4. The summed E-state index contributed by atoms with van der Waals surface area (Å²) in [5.74, 6) is 1.94. The summed E-state index contributed by atoms with van der Waals surface area (Å²) in [6.45, 7) is 7.61. The molecule has 0 aromatic heterocycles. The molecule has 2 aliphatic heterocycles. The van der Waals surface area contributed by atoms with E-state index in [-0.39, 0.29) is 12.0 Å². The fourth-order valence-corrected chi connectivity index (χ4v) is 3.76. The highest BCUT2D eigenvalue weighted by Crippen LogP contribution is 2.22. The molecule has 2 heterocycles. The molecule has 0 radical (unpaired) electrons. The third kappa shape index (κ3) is 5.90. The lowest BCUT2D eigenvalue weighted by atomic mass is 10.1. The Balaban J connectivity index is 1.33. The zero-order chi connectivity index (χ0) is 18.2. The van der Waals surface area contributed by atoms with E-state index in [4.69, 9.17) is 9.47 Å². The van der Waals surface area contributed by atoms with Crippen molar-refractivity contribution in [3.63, 3.8) is 0 Å². The predicted octanol–water partition coefficient (Wildman–Crippen LogP) is 3.33. The maximum Gasteiger partial charge on any atom is 0.219 e. The van der Waals surface area contributed by atoms with Gasteiger partial charge in [-0.2, -0.15) is 0 Å². The van der Waals surface area contributed by atoms with Gasteiger partial charge >= 0.3 is 0 Å². The van der Waals surface area contributed by atoms with Gasteiger partial charge in [0.25, 0.3) is 0 Å². The predicted molar refractivity (Wildman–Crippen MR) is 103 cm³/mol. The highest BCUT2D eigenvalue weighted by Gasteiger charge is 2.21. The van der Waals surface area contributed by atoms with E-state index in [0.717, 1.165) is 57.0 Å². The van der Waals surface area contributed by atoms with Crippen molar-refractivity contribution < 1.29 is 14.3 Å². The summed E-state index contributed by atoms with van der Waals surface area (Å²) in [5.41, 5.74) is 0. The van der Waals surface area contributed by atoms with Crippen LogP contribution in [0, 0.1) is 0 Å². The third-order valence-corrected chi connectivity index (χ3v) is 5.35. The molecule has 144 valence electrons. The summed E-state index contributed by atoms with van der Waals surface area (Å²) < 4.78 is 11.9. The molecule has 0 saturated carbocycles. The van der Waals surface area contributed by atoms with Gasteiger partial charge in [-0.3, -0.25) is 4.79 Å². The summed E-state index contributed by atoms with van der Waals surface area (Å²) in [5, 5.41) is 0. The summed E-state index contributed by atoms with van der Waals surface area (Å²) >= 11 is 0. The molecule has 5 nitrogen and oxygen atoms in total. The Morgan fingerprint density at radius 2 is 1.65 bits per heavy atom. The molecule has 5 heteroatoms. The first kappa shape index (κ1) is 19.0. The van der Waals surface area contributed by atoms with Gasteiger partial charge < -0.3 is 19.3 Å². The van der Waals surface area contributed by atoms with E-state index in [1.807, 2.05) is 29.2 Å². The van der Waals surface area contributed by atoms with E-state index in [1.54, 1.807) is 6.92 Å². The summed E-state index contributed by atoms with van der Waals surface area (Å²) in [6.07, 6.45) is 7.14. The average Bonchev–Trinajstić information content (AvgIpc) is 2.68. The van der Waals surface area contributed by atoms with Gasteiger partial charge in [0.2, 0.25) is 5.91 Å². The number of benzene rings is 1. The summed E-state index contributed by atoms with van der Waals surface area (Å²) in [7, 11) is 0. The number of ether oxygens (including phenoxy) is 2. The van der Waals surface area contributed by atoms with Crippen molar-refractivity contribution in [1.29, 1.82) is 0 Å². The molecule has 2 fully saturated rings. The van der Waals surface area contributed by atoms with Crippen molar-refractivity contribution in [1.82, 2.24) is 9.80 Å². The number of piperidine rings is 2. The van der Waals surface area contributed by atoms with Crippen LogP contribution in [0.15, 0.2) is 24.3 Å². The molecular formula is C21H32N2O3. The number of likely N-dealkylation sites (tertiary alicyclic amines) is 2. The third-order valence-electron chi connectivity index (χ3n) is 5.35. The smallest absolute Gasteiger partial charge is 0.219 e. The fraction of sp³-hybridized carbons (Fsp3) is 0.667. The first-order valence-corrected chi connectivity index (χ1v) is 10.1. The van der Waals surface area contributed by atoms with Crippen LogP contribution in [0.5, 0.6) is 11.5 Å². The van der Waals surface area contributed by atoms with Crippen LogP contribution >= 0.6 is 0 Å². The van der Waals surface area contributed by atoms with Gasteiger partial charge in [-0.1, -0.05) is 6.42 Å². The highest BCUT2D eigenvalue weighted by atomic mass is 16.5. The second-order valence-electron chi connectivity index (χ2n) is 7.40. The zero-order valence-corrected chi connectivity index (χ0v) is 16.0. The second kappa shape index (κ2) is 9.81. The van der Waals surface area contributed by atoms with Crippen LogP contribution in [0.4, 0.5) is 0 Å². The molecule has 26 heavy (non-hydrogen) atoms. The van der Waals surface area contributed by atoms with Crippen LogP contribution in [0.25, 0.3) is 0 Å². The van der Waals surface area contributed by atoms with E-state index in [1.165, 1.54) is 32.4 Å². The Hall–Kier alpha value is -1.75. The number of hydrogen-bond donors (Lipinski definition) is 0. The molecule has 0 aliphatic carbocycles. The molecule has 2 aliphatic rings. The van der Waals surface area contributed by atoms with Crippen LogP contribution in [0.2, 0.25) is 0 Å². The monoisotopic (exact) mass is 360 g/mol. The number of nitrogens with zero attached hydrogens (tertiary/aromatic N) is 2. The molecule has 0 N–H and O–H groups in total. The number of amides is 1. The molecule has 0 bridgehead atoms. The second-order valence-corrected chi connectivity index (χ2v) is 7.40. The van der Waals surface area contributed by atoms with Crippen LogP contribution in [-0.4, -0.2) is 61.1 Å². The van der Waals surface area contributed by atoms with E-state index in [0.29, 0.717) is 0 Å². The topological polar surface area (TPSA) is 42.0 Å². The molecule has 2 saturated heterocycles. The highest BCUT2D eigenvalue weighted by molar-refractivity contribution is 5.73. The van der Waals surface area contributed by atoms with Gasteiger partial charge in [0, 0.05) is 39.4 Å². The van der Waals surface area contributed by atoms with E-state index in [9.17, 15) is 4.79 Å². The van der Waals surface area contributed by atoms with Crippen molar-refractivity contribution in [2.45, 2.75) is 51.6 Å². The Kier molecular flexibility index (Phi) is 7.18. The molecule has 0 atom stereocenters. The van der Waals surface area contributed by atoms with E-state index >= 15 is 0 Å². The molecule has 0 unspecified atom stereocenters. The molecule has 3 rings (SSSR count). The standard InChI is InChI=1S/C21H32N2O3/c1-18(24)23-15-10-21(11-16-23)26-20-8-6-19(7-9-20)25-17-5-14-22-12-3-2-4-13-22/h6-9,21H,2-5,10-17H2,1H3. The van der Waals surface area contributed by atoms with Crippen molar-refractivity contribution in [2.75, 3.05) is 39.3 Å². The minimum absolute atomic E-state index is 0.158. The Bertz CT molecular complexity index is 547. The van der Waals surface area contributed by atoms with Crippen LogP contribution in [0.3, 0.4) is 0 Å². The minimum atomic E-state index is 0.158. The molecular weight excluding hydrogens is 328 g/mol. The minimum Gasteiger partial charge on any atom is -0.494 e. The van der Waals surface area contributed by atoms with Crippen LogP contribution < -0.4 is 9.47 Å². The van der Waals surface area contributed by atoms with Crippen LogP contribution in [-0.2, 0) is 4.79 Å². The van der Waals surface area contributed by atoms with Gasteiger partial charge in [0.05, 0.1) is 6.61 Å². The van der Waals surface area contributed by atoms with E-state index in [2.05, 4.69) is 4.90 Å². The summed E-state index contributed by atoms with van der Waals surface area (Å²) in [6, 6.07) is 7.94. The first-order valence-electron chi connectivity index (χ1n) is 10.1. The lowest BCUT2D eigenvalue weighted by molar-refractivity contribution is -0.130. The Morgan fingerprint density at radius 3 is 2.31 bits per heavy atom. The zero-order valence-electron chi connectivity index (χ0n) is 16.0. The van der Waals surface area contributed by atoms with Crippen molar-refractivity contribution in [2.24, 2.45) is 0 Å². The average molecular weight is 360 g/mol. The number of carbonyl (C=O) groups is 1. The van der Waals surface area contributed by atoms with Gasteiger partial charge in [0.1, 0.15) is 17.6 Å². The SMILES string of the molecule is CC(=O)N1CCC(Oc2ccc(OCCCN3CCCCC3)cc2)CC1. The Labute approximate surface area is 157 Å².